The second-order valence-corrected chi connectivity index (χ2v) is 17.1. The molecule has 1 aromatic heterocycles. The van der Waals surface area contributed by atoms with Crippen LogP contribution >= 0.6 is 20.8 Å². The Hall–Kier alpha value is -1.56. The molecule has 0 saturated heterocycles. The van der Waals surface area contributed by atoms with Gasteiger partial charge in [-0.15, -0.1) is 11.6 Å². The van der Waals surface area contributed by atoms with Gasteiger partial charge in [0, 0.05) is 6.07 Å². The Morgan fingerprint density at radius 2 is 2.00 bits per heavy atom. The molecule has 0 saturated carbocycles. The number of thiol groups is 1. The lowest BCUT2D eigenvalue weighted by atomic mass is 10.2. The molecular weight excluding hydrogens is 396 g/mol. The van der Waals surface area contributed by atoms with Crippen LogP contribution in [0.5, 0.6) is 5.75 Å². The van der Waals surface area contributed by atoms with Crippen LogP contribution < -0.4 is 4.74 Å². The highest BCUT2D eigenvalue weighted by atomic mass is 35.5. The van der Waals surface area contributed by atoms with Gasteiger partial charge in [0.25, 0.3) is 6.43 Å². The van der Waals surface area contributed by atoms with Crippen molar-refractivity contribution < 1.29 is 18.3 Å². The molecule has 0 N–H and O–H groups in total. The van der Waals surface area contributed by atoms with Crippen molar-refractivity contribution in [3.8, 4) is 11.8 Å². The Bertz CT molecular complexity index is 847. The molecule has 0 aliphatic carbocycles. The van der Waals surface area contributed by atoms with Crippen molar-refractivity contribution in [3.63, 3.8) is 0 Å². The monoisotopic (exact) mass is 421 g/mol. The van der Waals surface area contributed by atoms with E-state index in [-0.39, 0.29) is 23.9 Å². The van der Waals surface area contributed by atoms with Gasteiger partial charge in [-0.05, 0) is 36.8 Å². The van der Waals surface area contributed by atoms with Crippen LogP contribution in [-0.4, -0.2) is 60.0 Å². The molecule has 2 aromatic rings. The number of halogens is 3. The van der Waals surface area contributed by atoms with Gasteiger partial charge in [-0.2, -0.15) is 5.26 Å². The fraction of sp³-hybridized carbons (Fsp3) is 0.556. The van der Waals surface area contributed by atoms with Crippen molar-refractivity contribution in [2.24, 2.45) is 0 Å². The van der Waals surface area contributed by atoms with Crippen LogP contribution in [0, 0.1) is 11.3 Å². The summed E-state index contributed by atoms with van der Waals surface area (Å²) in [6.45, 7) is 0.0653. The maximum Gasteiger partial charge on any atom is 0.272 e. The molecule has 0 aliphatic heterocycles. The van der Waals surface area contributed by atoms with Crippen LogP contribution in [0.25, 0.3) is 11.0 Å². The molecule has 2 rings (SSSR count). The number of aromatic nitrogens is 2. The number of alkyl halides is 3. The number of imidazole rings is 1. The van der Waals surface area contributed by atoms with Crippen molar-refractivity contribution in [2.45, 2.75) is 19.0 Å². The van der Waals surface area contributed by atoms with E-state index in [9.17, 15) is 14.0 Å². The normalized spacial score (nSPS) is 13.5. The van der Waals surface area contributed by atoms with E-state index in [1.807, 2.05) is 6.07 Å². The Morgan fingerprint density at radius 1 is 1.30 bits per heavy atom. The van der Waals surface area contributed by atoms with E-state index >= 15 is 0 Å². The summed E-state index contributed by atoms with van der Waals surface area (Å²) in [4.78, 5) is 4.42. The molecule has 1 heterocycles. The number of nitrogens with zero attached hydrogens (tertiary/aromatic N) is 3. The fourth-order valence-electron chi connectivity index (χ4n) is 2.39. The minimum Gasteiger partial charge on any atom is -0.486 e. The van der Waals surface area contributed by atoms with Crippen molar-refractivity contribution in [3.05, 3.63) is 23.5 Å². The summed E-state index contributed by atoms with van der Waals surface area (Å²) in [7, 11) is -1.66. The van der Waals surface area contributed by atoms with E-state index in [4.69, 9.17) is 21.1 Å². The maximum absolute atomic E-state index is 12.5. The highest BCUT2D eigenvalue weighted by Crippen LogP contribution is 2.54. The molecule has 152 valence electrons. The molecule has 0 radical (unpaired) electrons. The summed E-state index contributed by atoms with van der Waals surface area (Å²) in [5.74, 6) is 1.83. The van der Waals surface area contributed by atoms with Gasteiger partial charge in [0.05, 0.1) is 29.1 Å². The van der Waals surface area contributed by atoms with E-state index in [2.05, 4.69) is 30.0 Å². The van der Waals surface area contributed by atoms with E-state index in [0.717, 1.165) is 5.75 Å². The number of benzene rings is 1. The zero-order valence-electron chi connectivity index (χ0n) is 16.0. The maximum atomic E-state index is 12.5. The van der Waals surface area contributed by atoms with E-state index in [1.165, 1.54) is 6.07 Å². The molecular formula is C18H26ClF2N3O2S. The summed E-state index contributed by atoms with van der Waals surface area (Å²) in [5.41, 5.74) is 1.33. The van der Waals surface area contributed by atoms with Gasteiger partial charge in [0.15, 0.2) is 0 Å². The summed E-state index contributed by atoms with van der Waals surface area (Å²) in [6.07, 6.45) is 6.49. The standard InChI is InChI=1S/C18H26ClF2N3O2S/c1-27(2,3,4)6-5-25-12-24-15-8-16(26-11-17(20)21)13(10-22)7-14(15)23-18(24)9-19/h7-8,17,27H,5-6,9,11-12H2,1-4H3. The van der Waals surface area contributed by atoms with Crippen molar-refractivity contribution >= 4 is 31.8 Å². The Kier molecular flexibility index (Phi) is 6.61. The number of ether oxygens (including phenoxy) is 2. The molecule has 27 heavy (non-hydrogen) atoms. The third-order valence-corrected chi connectivity index (χ3v) is 6.09. The average Bonchev–Trinajstić information content (AvgIpc) is 2.91. The van der Waals surface area contributed by atoms with E-state index < -0.39 is 22.2 Å². The van der Waals surface area contributed by atoms with Crippen molar-refractivity contribution in [2.75, 3.05) is 44.0 Å². The van der Waals surface area contributed by atoms with Gasteiger partial charge in [0.2, 0.25) is 0 Å². The van der Waals surface area contributed by atoms with Gasteiger partial charge >= 0.3 is 0 Å². The Balaban J connectivity index is 2.28. The second-order valence-electron chi connectivity index (χ2n) is 8.45. The first-order valence-electron chi connectivity index (χ1n) is 8.48. The SMILES string of the molecule is C[SH](C)(C)(C)CCOCn1c(CCl)nc2cc(C#N)c(OCC(F)F)cc21. The lowest BCUT2D eigenvalue weighted by Crippen LogP contribution is -2.20. The second kappa shape index (κ2) is 8.21. The lowest BCUT2D eigenvalue weighted by molar-refractivity contribution is 0.0815. The molecule has 0 unspecified atom stereocenters. The summed E-state index contributed by atoms with van der Waals surface area (Å²) in [6, 6.07) is 5.02. The molecule has 9 heteroatoms. The van der Waals surface area contributed by atoms with Gasteiger partial charge in [0.1, 0.15) is 31.0 Å². The zero-order chi connectivity index (χ0) is 20.3. The molecule has 0 atom stereocenters. The molecule has 1 aromatic carbocycles. The highest BCUT2D eigenvalue weighted by molar-refractivity contribution is 8.47. The van der Waals surface area contributed by atoms with Crippen molar-refractivity contribution in [1.29, 1.82) is 5.26 Å². The van der Waals surface area contributed by atoms with Gasteiger partial charge in [-0.25, -0.2) is 13.8 Å². The topological polar surface area (TPSA) is 60.1 Å². The summed E-state index contributed by atoms with van der Waals surface area (Å²) in [5, 5.41) is 9.25. The van der Waals surface area contributed by atoms with Crippen LogP contribution in [0.2, 0.25) is 0 Å². The largest absolute Gasteiger partial charge is 0.486 e. The van der Waals surface area contributed by atoms with Gasteiger partial charge < -0.3 is 14.0 Å². The predicted octanol–water partition coefficient (Wildman–Crippen LogP) is 3.86. The number of hydrogen-bond donors (Lipinski definition) is 1. The third kappa shape index (κ3) is 6.23. The molecule has 5 nitrogen and oxygen atoms in total. The molecule has 0 aliphatic rings. The zero-order valence-corrected chi connectivity index (χ0v) is 17.7. The van der Waals surface area contributed by atoms with E-state index in [0.29, 0.717) is 23.5 Å². The van der Waals surface area contributed by atoms with Crippen LogP contribution in [-0.2, 0) is 17.3 Å². The molecule has 0 fully saturated rings. The van der Waals surface area contributed by atoms with Crippen LogP contribution in [0.15, 0.2) is 12.1 Å². The lowest BCUT2D eigenvalue weighted by Gasteiger charge is -2.46. The summed E-state index contributed by atoms with van der Waals surface area (Å²) < 4.78 is 37.7. The van der Waals surface area contributed by atoms with Crippen LogP contribution in [0.1, 0.15) is 11.4 Å². The smallest absolute Gasteiger partial charge is 0.272 e. The number of rotatable bonds is 9. The molecule has 0 spiro atoms. The van der Waals surface area contributed by atoms with Gasteiger partial charge in [-0.1, -0.05) is 0 Å². The number of nitriles is 1. The van der Waals surface area contributed by atoms with Gasteiger partial charge in [-0.3, -0.25) is 9.16 Å². The van der Waals surface area contributed by atoms with E-state index in [1.54, 1.807) is 10.6 Å². The number of hydrogen-bond acceptors (Lipinski definition) is 4. The number of fused-ring (bicyclic) bond motifs is 1. The minimum absolute atomic E-state index is 0.0988. The summed E-state index contributed by atoms with van der Waals surface area (Å²) >= 11 is 6.00. The first-order chi connectivity index (χ1) is 12.5. The van der Waals surface area contributed by atoms with Crippen molar-refractivity contribution in [1.82, 2.24) is 9.55 Å². The Labute approximate surface area is 163 Å². The third-order valence-electron chi connectivity index (χ3n) is 3.88. The predicted molar refractivity (Wildman–Crippen MR) is 109 cm³/mol. The highest BCUT2D eigenvalue weighted by Gasteiger charge is 2.19. The fourth-order valence-corrected chi connectivity index (χ4v) is 3.46. The first kappa shape index (κ1) is 21.7. The van der Waals surface area contributed by atoms with Crippen LogP contribution in [0.4, 0.5) is 8.78 Å². The quantitative estimate of drug-likeness (QED) is 0.379. The minimum atomic E-state index is -2.62. The molecule has 0 bridgehead atoms. The Morgan fingerprint density at radius 3 is 2.56 bits per heavy atom. The first-order valence-corrected chi connectivity index (χ1v) is 13.2. The average molecular weight is 422 g/mol. The van der Waals surface area contributed by atoms with Crippen LogP contribution in [0.3, 0.4) is 0 Å². The molecule has 0 amide bonds.